The number of carbonyl (C=O) groups excluding carboxylic acids is 1. The van der Waals surface area contributed by atoms with Crippen LogP contribution in [-0.2, 0) is 9.84 Å². The minimum Gasteiger partial charge on any atom is -0.450 e. The van der Waals surface area contributed by atoms with Crippen LogP contribution in [0.25, 0.3) is 0 Å². The molecule has 0 aromatic rings. The fourth-order valence-electron chi connectivity index (χ4n) is 0.232. The van der Waals surface area contributed by atoms with E-state index < -0.39 is 6.09 Å². The number of ether oxygens (including phenoxy) is 1. The lowest BCUT2D eigenvalue weighted by molar-refractivity contribution is 0.128. The molecule has 0 fully saturated rings. The van der Waals surface area contributed by atoms with Gasteiger partial charge < -0.3 is 10.5 Å². The molecule has 1 radical (unpaired) electrons. The van der Waals surface area contributed by atoms with E-state index in [1.165, 1.54) is 0 Å². The average Bonchev–Trinajstić information content (AvgIpc) is 1.66. The van der Waals surface area contributed by atoms with Gasteiger partial charge in [0, 0.05) is 6.42 Å². The molecule has 0 aliphatic heterocycles. The maximum absolute atomic E-state index is 9.77. The van der Waals surface area contributed by atoms with Crippen molar-refractivity contribution >= 4 is 6.09 Å². The summed E-state index contributed by atoms with van der Waals surface area (Å²) in [5.74, 6) is 0. The van der Waals surface area contributed by atoms with Gasteiger partial charge in [-0.2, -0.15) is 0 Å². The fraction of sp³-hybridized carbons (Fsp3) is 0.750. The highest BCUT2D eigenvalue weighted by atomic mass is 16.5. The molecular formula is C4H8NO3. The van der Waals surface area contributed by atoms with Crippen LogP contribution in [0.1, 0.15) is 6.42 Å². The largest absolute Gasteiger partial charge is 0.450 e. The Labute approximate surface area is 47.2 Å². The molecule has 4 heteroatoms. The average molecular weight is 118 g/mol. The first-order valence-corrected chi connectivity index (χ1v) is 2.27. The van der Waals surface area contributed by atoms with Gasteiger partial charge in [-0.15, -0.1) is 0 Å². The topological polar surface area (TPSA) is 72.2 Å². The third kappa shape index (κ3) is 5.23. The lowest BCUT2D eigenvalue weighted by Gasteiger charge is -1.94. The first kappa shape index (κ1) is 7.23. The molecule has 8 heavy (non-hydrogen) atoms. The third-order valence-corrected chi connectivity index (χ3v) is 0.533. The number of carbonyl (C=O) groups is 1. The standard InChI is InChI=1S/C4H8NO3/c5-4(7)8-3-1-2-6/h1-3H2,(H2,5,7). The van der Waals surface area contributed by atoms with Gasteiger partial charge in [-0.3, -0.25) is 0 Å². The van der Waals surface area contributed by atoms with Crippen molar-refractivity contribution in [3.8, 4) is 0 Å². The summed E-state index contributed by atoms with van der Waals surface area (Å²) < 4.78 is 4.22. The Morgan fingerprint density at radius 3 is 2.62 bits per heavy atom. The van der Waals surface area contributed by atoms with Crippen LogP contribution in [-0.4, -0.2) is 19.3 Å². The van der Waals surface area contributed by atoms with E-state index in [1.807, 2.05) is 0 Å². The number of hydrogen-bond donors (Lipinski definition) is 1. The molecule has 0 saturated carbocycles. The van der Waals surface area contributed by atoms with Crippen LogP contribution in [0, 0.1) is 0 Å². The summed E-state index contributed by atoms with van der Waals surface area (Å²) in [6, 6.07) is 0. The van der Waals surface area contributed by atoms with Crippen LogP contribution in [0.3, 0.4) is 0 Å². The molecule has 0 aliphatic rings. The fourth-order valence-corrected chi connectivity index (χ4v) is 0.232. The van der Waals surface area contributed by atoms with Crippen LogP contribution in [0.2, 0.25) is 0 Å². The van der Waals surface area contributed by atoms with Crippen LogP contribution < -0.4 is 5.73 Å². The van der Waals surface area contributed by atoms with E-state index in [0.717, 1.165) is 0 Å². The van der Waals surface area contributed by atoms with Gasteiger partial charge >= 0.3 is 6.09 Å². The van der Waals surface area contributed by atoms with Crippen molar-refractivity contribution in [2.24, 2.45) is 5.73 Å². The van der Waals surface area contributed by atoms with Crippen LogP contribution in [0.15, 0.2) is 0 Å². The Kier molecular flexibility index (Phi) is 3.97. The van der Waals surface area contributed by atoms with Crippen molar-refractivity contribution in [1.29, 1.82) is 0 Å². The van der Waals surface area contributed by atoms with Crippen LogP contribution in [0.4, 0.5) is 4.79 Å². The number of nitrogens with two attached hydrogens (primary N) is 1. The van der Waals surface area contributed by atoms with E-state index in [0.29, 0.717) is 6.42 Å². The van der Waals surface area contributed by atoms with Gasteiger partial charge in [0.2, 0.25) is 0 Å². The van der Waals surface area contributed by atoms with E-state index in [9.17, 15) is 9.90 Å². The highest BCUT2D eigenvalue weighted by Crippen LogP contribution is 1.78. The quantitative estimate of drug-likeness (QED) is 0.525. The normalized spacial score (nSPS) is 8.62. The van der Waals surface area contributed by atoms with Crippen molar-refractivity contribution < 1.29 is 14.6 Å². The minimum atomic E-state index is -0.821. The molecule has 0 spiro atoms. The van der Waals surface area contributed by atoms with Crippen LogP contribution >= 0.6 is 0 Å². The molecule has 0 unspecified atom stereocenters. The van der Waals surface area contributed by atoms with Gasteiger partial charge in [0.25, 0.3) is 0 Å². The van der Waals surface area contributed by atoms with E-state index in [1.54, 1.807) is 0 Å². The predicted molar refractivity (Wildman–Crippen MR) is 25.7 cm³/mol. The van der Waals surface area contributed by atoms with E-state index in [-0.39, 0.29) is 13.2 Å². The zero-order valence-corrected chi connectivity index (χ0v) is 4.42. The summed E-state index contributed by atoms with van der Waals surface area (Å²) >= 11 is 0. The second kappa shape index (κ2) is 4.39. The predicted octanol–water partition coefficient (Wildman–Crippen LogP) is -0.0977. The van der Waals surface area contributed by atoms with Gasteiger partial charge in [0.05, 0.1) is 13.2 Å². The molecule has 2 N–H and O–H groups in total. The highest BCUT2D eigenvalue weighted by molar-refractivity contribution is 5.64. The number of rotatable bonds is 3. The van der Waals surface area contributed by atoms with Gasteiger partial charge in [-0.05, 0) is 0 Å². The summed E-state index contributed by atoms with van der Waals surface area (Å²) in [4.78, 5) is 9.77. The summed E-state index contributed by atoms with van der Waals surface area (Å²) in [5, 5.41) is 9.68. The molecule has 0 heterocycles. The summed E-state index contributed by atoms with van der Waals surface area (Å²) in [7, 11) is 0. The lowest BCUT2D eigenvalue weighted by Crippen LogP contribution is -2.13. The number of amides is 1. The number of hydrogen-bond acceptors (Lipinski definition) is 2. The van der Waals surface area contributed by atoms with Crippen molar-refractivity contribution in [3.05, 3.63) is 0 Å². The molecule has 4 nitrogen and oxygen atoms in total. The van der Waals surface area contributed by atoms with Crippen molar-refractivity contribution in [3.63, 3.8) is 0 Å². The Morgan fingerprint density at radius 2 is 2.25 bits per heavy atom. The van der Waals surface area contributed by atoms with E-state index in [4.69, 9.17) is 0 Å². The Balaban J connectivity index is 2.82. The zero-order chi connectivity index (χ0) is 6.41. The Morgan fingerprint density at radius 1 is 1.62 bits per heavy atom. The highest BCUT2D eigenvalue weighted by Gasteiger charge is 1.90. The molecular weight excluding hydrogens is 110 g/mol. The van der Waals surface area contributed by atoms with Crippen molar-refractivity contribution in [2.45, 2.75) is 6.42 Å². The first-order chi connectivity index (χ1) is 3.77. The monoisotopic (exact) mass is 118 g/mol. The van der Waals surface area contributed by atoms with Gasteiger partial charge in [0.15, 0.2) is 0 Å². The van der Waals surface area contributed by atoms with Gasteiger partial charge in [0.1, 0.15) is 0 Å². The second-order valence-electron chi connectivity index (χ2n) is 1.23. The molecule has 0 saturated heterocycles. The first-order valence-electron chi connectivity index (χ1n) is 2.27. The van der Waals surface area contributed by atoms with Crippen molar-refractivity contribution in [1.82, 2.24) is 0 Å². The smallest absolute Gasteiger partial charge is 0.404 e. The maximum atomic E-state index is 9.77. The zero-order valence-electron chi connectivity index (χ0n) is 4.42. The molecule has 47 valence electrons. The maximum Gasteiger partial charge on any atom is 0.404 e. The second-order valence-corrected chi connectivity index (χ2v) is 1.23. The SMILES string of the molecule is NC(=O)OCCC[O]. The summed E-state index contributed by atoms with van der Waals surface area (Å²) in [6.45, 7) is -0.0912. The number of primary amides is 1. The van der Waals surface area contributed by atoms with Gasteiger partial charge in [-0.25, -0.2) is 9.90 Å². The van der Waals surface area contributed by atoms with Gasteiger partial charge in [-0.1, -0.05) is 0 Å². The van der Waals surface area contributed by atoms with E-state index in [2.05, 4.69) is 10.5 Å². The molecule has 1 amide bonds. The molecule has 0 aromatic carbocycles. The minimum absolute atomic E-state index is 0.138. The molecule has 0 atom stereocenters. The van der Waals surface area contributed by atoms with Crippen LogP contribution in [0.5, 0.6) is 0 Å². The summed E-state index contributed by atoms with van der Waals surface area (Å²) in [5.41, 5.74) is 4.57. The Hall–Kier alpha value is -0.770. The van der Waals surface area contributed by atoms with Crippen molar-refractivity contribution in [2.75, 3.05) is 13.2 Å². The third-order valence-electron chi connectivity index (χ3n) is 0.533. The molecule has 0 rings (SSSR count). The molecule has 0 bridgehead atoms. The molecule has 0 aliphatic carbocycles. The van der Waals surface area contributed by atoms with E-state index >= 15 is 0 Å². The Bertz CT molecular complexity index is 73.7. The summed E-state index contributed by atoms with van der Waals surface area (Å²) in [6.07, 6.45) is -0.485. The molecule has 0 aromatic heterocycles. The lowest BCUT2D eigenvalue weighted by atomic mass is 10.5.